The first kappa shape index (κ1) is 17.8. The summed E-state index contributed by atoms with van der Waals surface area (Å²) in [6.07, 6.45) is 0. The zero-order chi connectivity index (χ0) is 18.7. The summed E-state index contributed by atoms with van der Waals surface area (Å²) in [6, 6.07) is 12.5. The van der Waals surface area contributed by atoms with Gasteiger partial charge in [-0.05, 0) is 6.92 Å². The Morgan fingerprint density at radius 2 is 1.77 bits per heavy atom. The van der Waals surface area contributed by atoms with Gasteiger partial charge >= 0.3 is 0 Å². The van der Waals surface area contributed by atoms with Crippen molar-refractivity contribution in [2.24, 2.45) is 0 Å². The molecule has 0 aliphatic heterocycles. The number of amides is 1. The molecular formula is C19H17ClN2O4. The van der Waals surface area contributed by atoms with E-state index < -0.39 is 5.91 Å². The maximum absolute atomic E-state index is 12.5. The Hall–Kier alpha value is -2.99. The number of anilines is 1. The van der Waals surface area contributed by atoms with E-state index in [2.05, 4.69) is 10.5 Å². The molecule has 7 heteroatoms. The van der Waals surface area contributed by atoms with Gasteiger partial charge in [-0.1, -0.05) is 46.6 Å². The van der Waals surface area contributed by atoms with Gasteiger partial charge in [0.25, 0.3) is 5.91 Å². The van der Waals surface area contributed by atoms with Crippen LogP contribution in [0.5, 0.6) is 11.5 Å². The Morgan fingerprint density at radius 3 is 2.42 bits per heavy atom. The number of aryl methyl sites for hydroxylation is 1. The van der Waals surface area contributed by atoms with Crippen LogP contribution < -0.4 is 14.8 Å². The minimum absolute atomic E-state index is 0.150. The van der Waals surface area contributed by atoms with Gasteiger partial charge in [0.2, 0.25) is 0 Å². The normalized spacial score (nSPS) is 10.5. The molecule has 1 amide bonds. The second-order valence-corrected chi connectivity index (χ2v) is 5.99. The van der Waals surface area contributed by atoms with Gasteiger partial charge in [0.15, 0.2) is 11.5 Å². The fraction of sp³-hybridized carbons (Fsp3) is 0.158. The lowest BCUT2D eigenvalue weighted by Crippen LogP contribution is -2.13. The number of nitrogens with zero attached hydrogens (tertiary/aromatic N) is 1. The molecule has 134 valence electrons. The van der Waals surface area contributed by atoms with Crippen LogP contribution in [0.3, 0.4) is 0 Å². The SMILES string of the molecule is COc1cc(NC(=O)c2cc(-c3ccc(C)cc3)on2)c(OC)cc1Cl. The molecule has 0 bridgehead atoms. The number of hydrogen-bond acceptors (Lipinski definition) is 5. The summed E-state index contributed by atoms with van der Waals surface area (Å²) in [5.41, 5.74) is 2.54. The van der Waals surface area contributed by atoms with E-state index in [1.165, 1.54) is 14.2 Å². The zero-order valence-corrected chi connectivity index (χ0v) is 15.3. The summed E-state index contributed by atoms with van der Waals surface area (Å²) >= 11 is 6.07. The van der Waals surface area contributed by atoms with E-state index in [1.807, 2.05) is 31.2 Å². The van der Waals surface area contributed by atoms with E-state index in [-0.39, 0.29) is 5.69 Å². The van der Waals surface area contributed by atoms with Gasteiger partial charge in [0, 0.05) is 23.8 Å². The standard InChI is InChI=1S/C19H17ClN2O4/c1-11-4-6-12(7-5-11)16-10-15(22-26-16)19(23)21-14-9-17(24-2)13(20)8-18(14)25-3/h4-10H,1-3H3,(H,21,23). The molecule has 0 fully saturated rings. The van der Waals surface area contributed by atoms with Crippen molar-refractivity contribution in [3.8, 4) is 22.8 Å². The third kappa shape index (κ3) is 3.65. The average molecular weight is 373 g/mol. The molecule has 0 aliphatic rings. The molecule has 0 aliphatic carbocycles. The van der Waals surface area contributed by atoms with E-state index >= 15 is 0 Å². The fourth-order valence-corrected chi connectivity index (χ4v) is 2.61. The first-order valence-corrected chi connectivity index (χ1v) is 8.16. The predicted octanol–water partition coefficient (Wildman–Crippen LogP) is 4.57. The fourth-order valence-electron chi connectivity index (χ4n) is 2.38. The molecule has 26 heavy (non-hydrogen) atoms. The lowest BCUT2D eigenvalue weighted by Gasteiger charge is -2.12. The smallest absolute Gasteiger partial charge is 0.277 e. The van der Waals surface area contributed by atoms with Gasteiger partial charge in [0.1, 0.15) is 11.5 Å². The topological polar surface area (TPSA) is 73.6 Å². The van der Waals surface area contributed by atoms with Crippen LogP contribution in [-0.2, 0) is 0 Å². The first-order chi connectivity index (χ1) is 12.5. The van der Waals surface area contributed by atoms with Gasteiger partial charge < -0.3 is 19.3 Å². The Morgan fingerprint density at radius 1 is 1.08 bits per heavy atom. The van der Waals surface area contributed by atoms with E-state index in [0.717, 1.165) is 11.1 Å². The van der Waals surface area contributed by atoms with Gasteiger partial charge in [0.05, 0.1) is 24.9 Å². The summed E-state index contributed by atoms with van der Waals surface area (Å²) in [7, 11) is 2.98. The second-order valence-electron chi connectivity index (χ2n) is 5.58. The molecule has 3 aromatic rings. The maximum atomic E-state index is 12.5. The van der Waals surface area contributed by atoms with E-state index in [1.54, 1.807) is 18.2 Å². The Labute approximate surface area is 155 Å². The molecule has 1 aromatic heterocycles. The predicted molar refractivity (Wildman–Crippen MR) is 99.2 cm³/mol. The molecule has 0 atom stereocenters. The number of aromatic nitrogens is 1. The number of methoxy groups -OCH3 is 2. The number of carbonyl (C=O) groups excluding carboxylic acids is 1. The number of rotatable bonds is 5. The van der Waals surface area contributed by atoms with Crippen LogP contribution in [0.15, 0.2) is 47.0 Å². The molecule has 0 unspecified atom stereocenters. The van der Waals surface area contributed by atoms with Crippen LogP contribution in [0.2, 0.25) is 5.02 Å². The molecule has 2 aromatic carbocycles. The zero-order valence-electron chi connectivity index (χ0n) is 14.5. The highest BCUT2D eigenvalue weighted by molar-refractivity contribution is 6.32. The lowest BCUT2D eigenvalue weighted by atomic mass is 10.1. The van der Waals surface area contributed by atoms with Crippen LogP contribution in [0.25, 0.3) is 11.3 Å². The number of carbonyl (C=O) groups is 1. The average Bonchev–Trinajstić information content (AvgIpc) is 3.13. The van der Waals surface area contributed by atoms with Crippen LogP contribution in [0.1, 0.15) is 16.1 Å². The number of nitrogens with one attached hydrogen (secondary N) is 1. The lowest BCUT2D eigenvalue weighted by molar-refractivity contribution is 0.101. The van der Waals surface area contributed by atoms with E-state index in [9.17, 15) is 4.79 Å². The van der Waals surface area contributed by atoms with Gasteiger partial charge in [-0.25, -0.2) is 0 Å². The molecule has 1 heterocycles. The van der Waals surface area contributed by atoms with Crippen molar-refractivity contribution < 1.29 is 18.8 Å². The third-order valence-electron chi connectivity index (χ3n) is 3.80. The van der Waals surface area contributed by atoms with Crippen molar-refractivity contribution in [2.75, 3.05) is 19.5 Å². The maximum Gasteiger partial charge on any atom is 0.277 e. The van der Waals surface area contributed by atoms with Crippen LogP contribution in [0.4, 0.5) is 5.69 Å². The van der Waals surface area contributed by atoms with Crippen molar-refractivity contribution in [1.82, 2.24) is 5.16 Å². The quantitative estimate of drug-likeness (QED) is 0.710. The first-order valence-electron chi connectivity index (χ1n) is 7.78. The Kier molecular flexibility index (Phi) is 5.14. The largest absolute Gasteiger partial charge is 0.495 e. The van der Waals surface area contributed by atoms with Crippen molar-refractivity contribution in [3.05, 3.63) is 58.7 Å². The summed E-state index contributed by atoms with van der Waals surface area (Å²) in [5.74, 6) is 0.903. The van der Waals surface area contributed by atoms with Crippen LogP contribution >= 0.6 is 11.6 Å². The van der Waals surface area contributed by atoms with Crippen molar-refractivity contribution in [3.63, 3.8) is 0 Å². The van der Waals surface area contributed by atoms with Crippen LogP contribution in [0, 0.1) is 6.92 Å². The van der Waals surface area contributed by atoms with Crippen LogP contribution in [-0.4, -0.2) is 25.3 Å². The highest BCUT2D eigenvalue weighted by Gasteiger charge is 2.17. The Bertz CT molecular complexity index is 935. The highest BCUT2D eigenvalue weighted by atomic mass is 35.5. The molecule has 3 rings (SSSR count). The summed E-state index contributed by atoms with van der Waals surface area (Å²) in [5, 5.41) is 6.95. The number of hydrogen-bond donors (Lipinski definition) is 1. The molecule has 6 nitrogen and oxygen atoms in total. The monoisotopic (exact) mass is 372 g/mol. The van der Waals surface area contributed by atoms with Gasteiger partial charge in [-0.15, -0.1) is 0 Å². The summed E-state index contributed by atoms with van der Waals surface area (Å²) < 4.78 is 15.7. The number of ether oxygens (including phenoxy) is 2. The highest BCUT2D eigenvalue weighted by Crippen LogP contribution is 2.36. The van der Waals surface area contributed by atoms with Gasteiger partial charge in [-0.2, -0.15) is 0 Å². The second kappa shape index (κ2) is 7.49. The van der Waals surface area contributed by atoms with Crippen molar-refractivity contribution in [1.29, 1.82) is 0 Å². The molecule has 1 N–H and O–H groups in total. The molecule has 0 saturated heterocycles. The minimum Gasteiger partial charge on any atom is -0.495 e. The number of benzene rings is 2. The van der Waals surface area contributed by atoms with E-state index in [0.29, 0.717) is 28.0 Å². The van der Waals surface area contributed by atoms with E-state index in [4.69, 9.17) is 25.6 Å². The molecule has 0 spiro atoms. The molecule has 0 saturated carbocycles. The summed E-state index contributed by atoms with van der Waals surface area (Å²) in [4.78, 5) is 12.5. The van der Waals surface area contributed by atoms with Gasteiger partial charge in [-0.3, -0.25) is 4.79 Å². The third-order valence-corrected chi connectivity index (χ3v) is 4.10. The summed E-state index contributed by atoms with van der Waals surface area (Å²) in [6.45, 7) is 2.00. The van der Waals surface area contributed by atoms with Crippen molar-refractivity contribution in [2.45, 2.75) is 6.92 Å². The number of halogens is 1. The molecular weight excluding hydrogens is 356 g/mol. The Balaban J connectivity index is 1.84. The minimum atomic E-state index is -0.435. The molecule has 0 radical (unpaired) electrons. The van der Waals surface area contributed by atoms with Crippen molar-refractivity contribution >= 4 is 23.2 Å².